The van der Waals surface area contributed by atoms with Gasteiger partial charge in [-0.25, -0.2) is 8.42 Å². The Balaban J connectivity index is 1.96. The second-order valence-corrected chi connectivity index (χ2v) is 7.26. The van der Waals surface area contributed by atoms with E-state index < -0.39 is 33.6 Å². The summed E-state index contributed by atoms with van der Waals surface area (Å²) in [7, 11) is -3.99. The predicted molar refractivity (Wildman–Crippen MR) is 87.0 cm³/mol. The van der Waals surface area contributed by atoms with Gasteiger partial charge in [-0.1, -0.05) is 36.4 Å². The Kier molecular flexibility index (Phi) is 3.97. The second-order valence-electron chi connectivity index (χ2n) is 5.46. The third-order valence-electron chi connectivity index (χ3n) is 3.79. The van der Waals surface area contributed by atoms with Crippen molar-refractivity contribution in [2.24, 2.45) is 0 Å². The lowest BCUT2D eigenvalue weighted by molar-refractivity contribution is -0.127. The molecule has 1 amide bonds. The molecule has 0 aliphatic carbocycles. The summed E-state index contributed by atoms with van der Waals surface area (Å²) in [4.78, 5) is 12.0. The third kappa shape index (κ3) is 3.00. The van der Waals surface area contributed by atoms with Gasteiger partial charge in [0, 0.05) is 11.4 Å². The van der Waals surface area contributed by atoms with Crippen LogP contribution in [0, 0.1) is 0 Å². The Bertz CT molecular complexity index is 847. The molecule has 1 fully saturated rings. The molecule has 1 heterocycles. The summed E-state index contributed by atoms with van der Waals surface area (Å²) in [5.74, 6) is -0.739. The highest BCUT2D eigenvalue weighted by atomic mass is 32.2. The van der Waals surface area contributed by atoms with Gasteiger partial charge < -0.3 is 10.4 Å². The van der Waals surface area contributed by atoms with Gasteiger partial charge in [0.15, 0.2) is 11.6 Å². The molecule has 7 nitrogen and oxygen atoms in total. The number of rotatable bonds is 3. The van der Waals surface area contributed by atoms with Crippen molar-refractivity contribution in [3.8, 4) is 0 Å². The SMILES string of the molecule is CC1NC(O)NC(=O)C1S(=O)(=O)Nc1cccc2ccccc12. The van der Waals surface area contributed by atoms with Gasteiger partial charge in [0.2, 0.25) is 15.9 Å². The fraction of sp³-hybridized carbons (Fsp3) is 0.267. The number of aliphatic hydroxyl groups excluding tert-OH is 1. The standard InChI is InChI=1S/C15H17N3O4S/c1-9-13(14(19)17-15(20)16-9)23(21,22)18-12-8-4-6-10-5-2-3-7-11(10)12/h2-9,13,15-16,18,20H,1H3,(H,17,19). The number of hydrogen-bond donors (Lipinski definition) is 4. The van der Waals surface area contributed by atoms with Gasteiger partial charge in [-0.15, -0.1) is 0 Å². The van der Waals surface area contributed by atoms with Crippen molar-refractivity contribution in [2.45, 2.75) is 24.6 Å². The van der Waals surface area contributed by atoms with Crippen molar-refractivity contribution < 1.29 is 18.3 Å². The molecule has 1 aliphatic heterocycles. The molecule has 3 rings (SSSR count). The van der Waals surface area contributed by atoms with Crippen molar-refractivity contribution in [1.29, 1.82) is 0 Å². The molecule has 2 aromatic carbocycles. The first-order valence-corrected chi connectivity index (χ1v) is 8.67. The van der Waals surface area contributed by atoms with Gasteiger partial charge in [-0.2, -0.15) is 0 Å². The summed E-state index contributed by atoms with van der Waals surface area (Å²) in [6, 6.07) is 11.9. The number of anilines is 1. The van der Waals surface area contributed by atoms with Crippen molar-refractivity contribution in [3.63, 3.8) is 0 Å². The number of benzene rings is 2. The van der Waals surface area contributed by atoms with E-state index in [0.717, 1.165) is 10.8 Å². The van der Waals surface area contributed by atoms with Crippen LogP contribution in [0.2, 0.25) is 0 Å². The zero-order valence-corrected chi connectivity index (χ0v) is 13.2. The Labute approximate surface area is 133 Å². The Morgan fingerprint density at radius 1 is 1.13 bits per heavy atom. The largest absolute Gasteiger partial charge is 0.361 e. The van der Waals surface area contributed by atoms with E-state index in [1.807, 2.05) is 24.3 Å². The Hall–Kier alpha value is -2.16. The van der Waals surface area contributed by atoms with E-state index in [1.165, 1.54) is 6.92 Å². The number of sulfonamides is 1. The molecule has 0 spiro atoms. The third-order valence-corrected chi connectivity index (χ3v) is 5.58. The van der Waals surface area contributed by atoms with Crippen LogP contribution in [0.25, 0.3) is 10.8 Å². The normalized spacial score (nSPS) is 25.1. The molecule has 1 aliphatic rings. The van der Waals surface area contributed by atoms with Gasteiger partial charge >= 0.3 is 0 Å². The number of fused-ring (bicyclic) bond motifs is 1. The zero-order chi connectivity index (χ0) is 16.6. The lowest BCUT2D eigenvalue weighted by Gasteiger charge is -2.32. The van der Waals surface area contributed by atoms with Crippen LogP contribution in [0.15, 0.2) is 42.5 Å². The van der Waals surface area contributed by atoms with Crippen LogP contribution >= 0.6 is 0 Å². The average Bonchev–Trinajstić information content (AvgIpc) is 2.45. The summed E-state index contributed by atoms with van der Waals surface area (Å²) in [5, 5.41) is 14.5. The van der Waals surface area contributed by atoms with E-state index in [2.05, 4.69) is 15.4 Å². The minimum Gasteiger partial charge on any atom is -0.361 e. The van der Waals surface area contributed by atoms with Crippen molar-refractivity contribution >= 4 is 32.4 Å². The maximum atomic E-state index is 12.6. The number of aliphatic hydroxyl groups is 1. The minimum atomic E-state index is -3.99. The van der Waals surface area contributed by atoms with E-state index in [9.17, 15) is 18.3 Å². The maximum Gasteiger partial charge on any atom is 0.246 e. The first-order chi connectivity index (χ1) is 10.9. The van der Waals surface area contributed by atoms with Crippen molar-refractivity contribution in [3.05, 3.63) is 42.5 Å². The first-order valence-electron chi connectivity index (χ1n) is 7.12. The molecule has 23 heavy (non-hydrogen) atoms. The van der Waals surface area contributed by atoms with E-state index in [-0.39, 0.29) is 0 Å². The second kappa shape index (κ2) is 5.80. The predicted octanol–water partition coefficient (Wildman–Crippen LogP) is 0.334. The molecule has 3 atom stereocenters. The minimum absolute atomic E-state index is 0.411. The van der Waals surface area contributed by atoms with Gasteiger partial charge in [0.25, 0.3) is 0 Å². The average molecular weight is 335 g/mol. The lowest BCUT2D eigenvalue weighted by atomic mass is 10.1. The topological polar surface area (TPSA) is 108 Å². The first kappa shape index (κ1) is 15.7. The van der Waals surface area contributed by atoms with Crippen LogP contribution < -0.4 is 15.4 Å². The van der Waals surface area contributed by atoms with Gasteiger partial charge in [-0.05, 0) is 18.4 Å². The van der Waals surface area contributed by atoms with Crippen LogP contribution in [-0.4, -0.2) is 37.1 Å². The van der Waals surface area contributed by atoms with Crippen LogP contribution in [0.4, 0.5) is 5.69 Å². The molecule has 4 N–H and O–H groups in total. The molecule has 8 heteroatoms. The quantitative estimate of drug-likeness (QED) is 0.647. The Morgan fingerprint density at radius 2 is 1.83 bits per heavy atom. The smallest absolute Gasteiger partial charge is 0.246 e. The van der Waals surface area contributed by atoms with Gasteiger partial charge in [0.1, 0.15) is 0 Å². The number of carbonyl (C=O) groups excluding carboxylic acids is 1. The molecule has 0 saturated carbocycles. The molecule has 1 saturated heterocycles. The highest BCUT2D eigenvalue weighted by Gasteiger charge is 2.42. The molecular weight excluding hydrogens is 318 g/mol. The fourth-order valence-electron chi connectivity index (χ4n) is 2.76. The van der Waals surface area contributed by atoms with Crippen LogP contribution in [0.5, 0.6) is 0 Å². The summed E-state index contributed by atoms with van der Waals surface area (Å²) in [5.41, 5.74) is 0.411. The van der Waals surface area contributed by atoms with E-state index in [0.29, 0.717) is 5.69 Å². The molecule has 3 unspecified atom stereocenters. The summed E-state index contributed by atoms with van der Waals surface area (Å²) >= 11 is 0. The summed E-state index contributed by atoms with van der Waals surface area (Å²) < 4.78 is 27.8. The molecule has 2 aromatic rings. The molecule has 0 bridgehead atoms. The fourth-order valence-corrected chi connectivity index (χ4v) is 4.34. The number of hydrogen-bond acceptors (Lipinski definition) is 5. The van der Waals surface area contributed by atoms with Crippen molar-refractivity contribution in [2.75, 3.05) is 4.72 Å². The van der Waals surface area contributed by atoms with E-state index in [4.69, 9.17) is 0 Å². The van der Waals surface area contributed by atoms with E-state index in [1.54, 1.807) is 18.2 Å². The number of carbonyl (C=O) groups is 1. The molecular formula is C15H17N3O4S. The van der Waals surface area contributed by atoms with Gasteiger partial charge in [-0.3, -0.25) is 14.8 Å². The van der Waals surface area contributed by atoms with Crippen molar-refractivity contribution in [1.82, 2.24) is 10.6 Å². The Morgan fingerprint density at radius 3 is 2.57 bits per heavy atom. The zero-order valence-electron chi connectivity index (χ0n) is 12.4. The van der Waals surface area contributed by atoms with Crippen LogP contribution in [-0.2, 0) is 14.8 Å². The lowest BCUT2D eigenvalue weighted by Crippen LogP contribution is -2.65. The number of nitrogens with one attached hydrogen (secondary N) is 3. The number of amides is 1. The van der Waals surface area contributed by atoms with Gasteiger partial charge in [0.05, 0.1) is 5.69 Å². The molecule has 0 radical (unpaired) electrons. The molecule has 0 aromatic heterocycles. The maximum absolute atomic E-state index is 12.6. The van der Waals surface area contributed by atoms with Crippen LogP contribution in [0.3, 0.4) is 0 Å². The highest BCUT2D eigenvalue weighted by molar-refractivity contribution is 7.94. The van der Waals surface area contributed by atoms with Crippen LogP contribution in [0.1, 0.15) is 6.92 Å². The summed E-state index contributed by atoms with van der Waals surface area (Å²) in [6.45, 7) is 1.54. The monoisotopic (exact) mass is 335 g/mol. The van der Waals surface area contributed by atoms with E-state index >= 15 is 0 Å². The molecule has 122 valence electrons. The summed E-state index contributed by atoms with van der Waals surface area (Å²) in [6.07, 6.45) is -1.25. The highest BCUT2D eigenvalue weighted by Crippen LogP contribution is 2.25.